The Bertz CT molecular complexity index is 905. The summed E-state index contributed by atoms with van der Waals surface area (Å²) in [4.78, 5) is 16.1. The molecule has 28 heavy (non-hydrogen) atoms. The van der Waals surface area contributed by atoms with Crippen LogP contribution in [0.15, 0.2) is 70.3 Å². The summed E-state index contributed by atoms with van der Waals surface area (Å²) in [7, 11) is 0. The summed E-state index contributed by atoms with van der Waals surface area (Å²) in [6.07, 6.45) is 0. The Morgan fingerprint density at radius 2 is 1.86 bits per heavy atom. The Morgan fingerprint density at radius 3 is 2.61 bits per heavy atom. The maximum Gasteiger partial charge on any atom is 0.256 e. The smallest absolute Gasteiger partial charge is 0.256 e. The fraction of sp³-hybridized carbons (Fsp3) is 0.227. The van der Waals surface area contributed by atoms with E-state index in [0.29, 0.717) is 5.56 Å². The first-order valence-corrected chi connectivity index (χ1v) is 11.2. The van der Waals surface area contributed by atoms with Crippen LogP contribution in [0.2, 0.25) is 0 Å². The normalized spacial score (nSPS) is 14.1. The summed E-state index contributed by atoms with van der Waals surface area (Å²) >= 11 is 3.39. The molecule has 0 radical (unpaired) electrons. The lowest BCUT2D eigenvalue weighted by Crippen LogP contribution is -2.36. The molecule has 0 saturated carbocycles. The maximum atomic E-state index is 12.8. The number of anilines is 2. The van der Waals surface area contributed by atoms with E-state index in [1.807, 2.05) is 36.4 Å². The summed E-state index contributed by atoms with van der Waals surface area (Å²) in [6, 6.07) is 17.9. The van der Waals surface area contributed by atoms with E-state index < -0.39 is 0 Å². The van der Waals surface area contributed by atoms with Gasteiger partial charge in [0.05, 0.1) is 18.8 Å². The SMILES string of the molecule is O=C(Nc1ccc(N2CCOCC2)cc1)c1ccccc1SCc1ccsc1. The number of hydrogen-bond acceptors (Lipinski definition) is 5. The molecule has 4 nitrogen and oxygen atoms in total. The number of thioether (sulfide) groups is 1. The molecular weight excluding hydrogens is 388 g/mol. The van der Waals surface area contributed by atoms with Crippen molar-refractivity contribution >= 4 is 40.4 Å². The van der Waals surface area contributed by atoms with Crippen molar-refractivity contribution in [1.82, 2.24) is 0 Å². The molecule has 1 aliphatic heterocycles. The quantitative estimate of drug-likeness (QED) is 0.572. The average molecular weight is 411 g/mol. The van der Waals surface area contributed by atoms with Crippen molar-refractivity contribution < 1.29 is 9.53 Å². The maximum absolute atomic E-state index is 12.8. The average Bonchev–Trinajstić information content (AvgIpc) is 3.27. The van der Waals surface area contributed by atoms with Crippen molar-refractivity contribution in [3.05, 3.63) is 76.5 Å². The Morgan fingerprint density at radius 1 is 1.07 bits per heavy atom. The van der Waals surface area contributed by atoms with Crippen LogP contribution in [-0.4, -0.2) is 32.2 Å². The molecule has 1 aliphatic rings. The molecule has 1 saturated heterocycles. The zero-order valence-electron chi connectivity index (χ0n) is 15.5. The van der Waals surface area contributed by atoms with E-state index in [9.17, 15) is 4.79 Å². The van der Waals surface area contributed by atoms with Gasteiger partial charge in [0.15, 0.2) is 0 Å². The van der Waals surface area contributed by atoms with Crippen LogP contribution in [0.5, 0.6) is 0 Å². The van der Waals surface area contributed by atoms with Crippen LogP contribution in [0.25, 0.3) is 0 Å². The largest absolute Gasteiger partial charge is 0.378 e. The van der Waals surface area contributed by atoms with Gasteiger partial charge in [-0.3, -0.25) is 4.79 Å². The molecule has 1 fully saturated rings. The highest BCUT2D eigenvalue weighted by Gasteiger charge is 2.14. The number of morpholine rings is 1. The first-order valence-electron chi connectivity index (χ1n) is 9.26. The van der Waals surface area contributed by atoms with Crippen molar-refractivity contribution in [1.29, 1.82) is 0 Å². The monoisotopic (exact) mass is 410 g/mol. The van der Waals surface area contributed by atoms with E-state index in [-0.39, 0.29) is 5.91 Å². The first-order chi connectivity index (χ1) is 13.8. The van der Waals surface area contributed by atoms with Crippen molar-refractivity contribution in [2.24, 2.45) is 0 Å². The number of hydrogen-bond donors (Lipinski definition) is 1. The van der Waals surface area contributed by atoms with E-state index in [0.717, 1.165) is 48.3 Å². The molecule has 2 aromatic carbocycles. The second-order valence-corrected chi connectivity index (χ2v) is 8.31. The number of nitrogens with zero attached hydrogens (tertiary/aromatic N) is 1. The summed E-state index contributed by atoms with van der Waals surface area (Å²) in [6.45, 7) is 3.33. The van der Waals surface area contributed by atoms with E-state index in [4.69, 9.17) is 4.74 Å². The molecule has 0 spiro atoms. The first kappa shape index (κ1) is 19.1. The Labute approximate surface area is 173 Å². The van der Waals surface area contributed by atoms with E-state index >= 15 is 0 Å². The molecule has 3 aromatic rings. The molecule has 1 amide bonds. The molecule has 0 unspecified atom stereocenters. The highest BCUT2D eigenvalue weighted by Crippen LogP contribution is 2.28. The molecular formula is C22H22N2O2S2. The Kier molecular flexibility index (Phi) is 6.31. The summed E-state index contributed by atoms with van der Waals surface area (Å²) < 4.78 is 5.40. The zero-order chi connectivity index (χ0) is 19.2. The summed E-state index contributed by atoms with van der Waals surface area (Å²) in [5, 5.41) is 7.25. The van der Waals surface area contributed by atoms with Crippen LogP contribution in [0.1, 0.15) is 15.9 Å². The molecule has 1 N–H and O–H groups in total. The highest BCUT2D eigenvalue weighted by atomic mass is 32.2. The standard InChI is InChI=1S/C22H22N2O2S2/c25-22(20-3-1-2-4-21(20)28-16-17-9-14-27-15-17)23-18-5-7-19(8-6-18)24-10-12-26-13-11-24/h1-9,14-15H,10-13,16H2,(H,23,25). The van der Waals surface area contributed by atoms with Gasteiger partial charge >= 0.3 is 0 Å². The third-order valence-corrected chi connectivity index (χ3v) is 6.48. The minimum absolute atomic E-state index is 0.0764. The van der Waals surface area contributed by atoms with Gasteiger partial charge in [0.1, 0.15) is 0 Å². The number of carbonyl (C=O) groups excluding carboxylic acids is 1. The minimum atomic E-state index is -0.0764. The van der Waals surface area contributed by atoms with Crippen LogP contribution >= 0.6 is 23.1 Å². The van der Waals surface area contributed by atoms with Gasteiger partial charge < -0.3 is 15.0 Å². The van der Waals surface area contributed by atoms with E-state index in [2.05, 4.69) is 39.2 Å². The number of amides is 1. The topological polar surface area (TPSA) is 41.6 Å². The molecule has 6 heteroatoms. The molecule has 1 aromatic heterocycles. The third kappa shape index (κ3) is 4.76. The van der Waals surface area contributed by atoms with Gasteiger partial charge in [0, 0.05) is 35.1 Å². The van der Waals surface area contributed by atoms with Gasteiger partial charge in [-0.2, -0.15) is 11.3 Å². The van der Waals surface area contributed by atoms with Crippen LogP contribution < -0.4 is 10.2 Å². The van der Waals surface area contributed by atoms with Crippen molar-refractivity contribution in [2.45, 2.75) is 10.6 Å². The van der Waals surface area contributed by atoms with Gasteiger partial charge in [-0.15, -0.1) is 11.8 Å². The lowest BCUT2D eigenvalue weighted by atomic mass is 10.2. The van der Waals surface area contributed by atoms with Gasteiger partial charge in [0.25, 0.3) is 5.91 Å². The molecule has 4 rings (SSSR count). The van der Waals surface area contributed by atoms with Gasteiger partial charge in [-0.05, 0) is 58.8 Å². The molecule has 0 aliphatic carbocycles. The molecule has 0 bridgehead atoms. The minimum Gasteiger partial charge on any atom is -0.378 e. The number of thiophene rings is 1. The second-order valence-electron chi connectivity index (χ2n) is 6.52. The molecule has 144 valence electrons. The zero-order valence-corrected chi connectivity index (χ0v) is 17.1. The van der Waals surface area contributed by atoms with Gasteiger partial charge in [-0.25, -0.2) is 0 Å². The third-order valence-electron chi connectivity index (χ3n) is 4.61. The lowest BCUT2D eigenvalue weighted by Gasteiger charge is -2.28. The fourth-order valence-corrected chi connectivity index (χ4v) is 4.86. The van der Waals surface area contributed by atoms with Crippen molar-refractivity contribution in [3.63, 3.8) is 0 Å². The number of rotatable bonds is 6. The van der Waals surface area contributed by atoms with Crippen molar-refractivity contribution in [3.8, 4) is 0 Å². The number of benzene rings is 2. The number of ether oxygens (including phenoxy) is 1. The van der Waals surface area contributed by atoms with Crippen LogP contribution in [0.3, 0.4) is 0 Å². The predicted octanol–water partition coefficient (Wildman–Crippen LogP) is 5.13. The summed E-state index contributed by atoms with van der Waals surface area (Å²) in [5.41, 5.74) is 3.96. The van der Waals surface area contributed by atoms with Crippen LogP contribution in [0, 0.1) is 0 Å². The second kappa shape index (κ2) is 9.28. The van der Waals surface area contributed by atoms with Gasteiger partial charge in [0.2, 0.25) is 0 Å². The van der Waals surface area contributed by atoms with E-state index in [1.54, 1.807) is 23.1 Å². The number of nitrogens with one attached hydrogen (secondary N) is 1. The highest BCUT2D eigenvalue weighted by molar-refractivity contribution is 7.98. The van der Waals surface area contributed by atoms with Crippen LogP contribution in [-0.2, 0) is 10.5 Å². The van der Waals surface area contributed by atoms with Crippen LogP contribution in [0.4, 0.5) is 11.4 Å². The fourth-order valence-electron chi connectivity index (χ4n) is 3.09. The summed E-state index contributed by atoms with van der Waals surface area (Å²) in [5.74, 6) is 0.787. The molecule has 0 atom stereocenters. The predicted molar refractivity (Wildman–Crippen MR) is 118 cm³/mol. The lowest BCUT2D eigenvalue weighted by molar-refractivity contribution is 0.102. The van der Waals surface area contributed by atoms with Crippen molar-refractivity contribution in [2.75, 3.05) is 36.5 Å². The number of carbonyl (C=O) groups is 1. The van der Waals surface area contributed by atoms with E-state index in [1.165, 1.54) is 5.56 Å². The Balaban J connectivity index is 1.42. The van der Waals surface area contributed by atoms with Gasteiger partial charge in [-0.1, -0.05) is 12.1 Å². The Hall–Kier alpha value is -2.28. The molecule has 2 heterocycles.